The van der Waals surface area contributed by atoms with E-state index in [2.05, 4.69) is 27.5 Å². The third kappa shape index (κ3) is 2.13. The van der Waals surface area contributed by atoms with Crippen LogP contribution in [0.5, 0.6) is 0 Å². The highest BCUT2D eigenvalue weighted by atomic mass is 79.9. The average molecular weight is 213 g/mol. The summed E-state index contributed by atoms with van der Waals surface area (Å²) < 4.78 is 0.817. The van der Waals surface area contributed by atoms with Gasteiger partial charge in [0.25, 0.3) is 0 Å². The summed E-state index contributed by atoms with van der Waals surface area (Å²) in [5.41, 5.74) is 6.65. The molecule has 0 bridgehead atoms. The van der Waals surface area contributed by atoms with Crippen LogP contribution >= 0.6 is 15.9 Å². The minimum Gasteiger partial charge on any atom is -0.321 e. The summed E-state index contributed by atoms with van der Waals surface area (Å²) in [5, 5.41) is 0. The lowest BCUT2D eigenvalue weighted by molar-refractivity contribution is 0.902. The monoisotopic (exact) mass is 212 g/mol. The number of rotatable bonds is 2. The Hall–Kier alpha value is -0.670. The first-order chi connectivity index (χ1) is 5.24. The van der Waals surface area contributed by atoms with Gasteiger partial charge in [-0.2, -0.15) is 0 Å². The van der Waals surface area contributed by atoms with E-state index < -0.39 is 0 Å². The van der Waals surface area contributed by atoms with Crippen molar-refractivity contribution in [2.45, 2.75) is 6.04 Å². The molecule has 0 amide bonds. The van der Waals surface area contributed by atoms with Crippen LogP contribution in [0.4, 0.5) is 0 Å². The lowest BCUT2D eigenvalue weighted by Gasteiger charge is -2.04. The highest BCUT2D eigenvalue weighted by molar-refractivity contribution is 9.10. The molecule has 1 aromatic heterocycles. The van der Waals surface area contributed by atoms with Crippen LogP contribution < -0.4 is 5.73 Å². The number of aromatic nitrogens is 1. The molecule has 1 atom stereocenters. The molecule has 0 unspecified atom stereocenters. The molecule has 2 N–H and O–H groups in total. The van der Waals surface area contributed by atoms with Gasteiger partial charge in [0.1, 0.15) is 4.60 Å². The second-order valence-corrected chi connectivity index (χ2v) is 2.99. The molecule has 0 spiro atoms. The van der Waals surface area contributed by atoms with Gasteiger partial charge in [0.15, 0.2) is 0 Å². The number of nitrogens with zero attached hydrogens (tertiary/aromatic N) is 1. The lowest BCUT2D eigenvalue weighted by Crippen LogP contribution is -2.06. The van der Waals surface area contributed by atoms with Gasteiger partial charge in [-0.05, 0) is 27.6 Å². The summed E-state index contributed by atoms with van der Waals surface area (Å²) in [6.45, 7) is 3.59. The number of pyridine rings is 1. The fraction of sp³-hybridized carbons (Fsp3) is 0.125. The number of halogens is 1. The van der Waals surface area contributed by atoms with Gasteiger partial charge in [-0.25, -0.2) is 4.98 Å². The molecule has 1 heterocycles. The lowest BCUT2D eigenvalue weighted by atomic mass is 10.1. The normalized spacial score (nSPS) is 12.5. The van der Waals surface area contributed by atoms with Gasteiger partial charge in [0.2, 0.25) is 0 Å². The molecule has 2 nitrogen and oxygen atoms in total. The largest absolute Gasteiger partial charge is 0.321 e. The zero-order valence-corrected chi connectivity index (χ0v) is 7.58. The van der Waals surface area contributed by atoms with Gasteiger partial charge >= 0.3 is 0 Å². The maximum absolute atomic E-state index is 5.67. The molecule has 0 radical (unpaired) electrons. The minimum absolute atomic E-state index is 0.115. The van der Waals surface area contributed by atoms with E-state index in [9.17, 15) is 0 Å². The molecule has 0 aliphatic heterocycles. The van der Waals surface area contributed by atoms with E-state index >= 15 is 0 Å². The van der Waals surface area contributed by atoms with Crippen molar-refractivity contribution in [3.05, 3.63) is 41.2 Å². The summed E-state index contributed by atoms with van der Waals surface area (Å²) in [6, 6.07) is 3.66. The molecule has 0 aliphatic carbocycles. The van der Waals surface area contributed by atoms with Crippen molar-refractivity contribution < 1.29 is 0 Å². The second kappa shape index (κ2) is 3.64. The Balaban J connectivity index is 2.89. The van der Waals surface area contributed by atoms with Crippen LogP contribution in [0.1, 0.15) is 11.6 Å². The smallest absolute Gasteiger partial charge is 0.106 e. The van der Waals surface area contributed by atoms with Crippen LogP contribution in [0.25, 0.3) is 0 Å². The van der Waals surface area contributed by atoms with E-state index in [1.807, 2.05) is 12.1 Å². The van der Waals surface area contributed by atoms with Crippen molar-refractivity contribution in [1.82, 2.24) is 4.98 Å². The summed E-state index contributed by atoms with van der Waals surface area (Å²) in [7, 11) is 0. The zero-order chi connectivity index (χ0) is 8.27. The SMILES string of the molecule is C=C[C@H](N)c1ccc(Br)nc1. The average Bonchev–Trinajstić information content (AvgIpc) is 2.05. The van der Waals surface area contributed by atoms with Gasteiger partial charge in [-0.3, -0.25) is 0 Å². The van der Waals surface area contributed by atoms with Crippen molar-refractivity contribution in [1.29, 1.82) is 0 Å². The molecule has 1 rings (SSSR count). The number of hydrogen-bond acceptors (Lipinski definition) is 2. The predicted octanol–water partition coefficient (Wildman–Crippen LogP) is 2.03. The van der Waals surface area contributed by atoms with Crippen LogP contribution in [0, 0.1) is 0 Å². The van der Waals surface area contributed by atoms with E-state index in [0.717, 1.165) is 10.2 Å². The summed E-state index contributed by atoms with van der Waals surface area (Å²) in [4.78, 5) is 4.04. The highest BCUT2D eigenvalue weighted by Gasteiger charge is 1.99. The summed E-state index contributed by atoms with van der Waals surface area (Å²) >= 11 is 3.24. The Bertz CT molecular complexity index is 243. The van der Waals surface area contributed by atoms with Gasteiger partial charge < -0.3 is 5.73 Å². The van der Waals surface area contributed by atoms with Crippen LogP contribution in [0.15, 0.2) is 35.6 Å². The highest BCUT2D eigenvalue weighted by Crippen LogP contribution is 2.12. The molecule has 0 saturated carbocycles. The maximum Gasteiger partial charge on any atom is 0.106 e. The quantitative estimate of drug-likeness (QED) is 0.603. The Labute approximate surface area is 74.3 Å². The Morgan fingerprint density at radius 3 is 2.82 bits per heavy atom. The van der Waals surface area contributed by atoms with Gasteiger partial charge in [0.05, 0.1) is 0 Å². The first kappa shape index (κ1) is 8.43. The van der Waals surface area contributed by atoms with Crippen molar-refractivity contribution in [2.24, 2.45) is 5.73 Å². The fourth-order valence-electron chi connectivity index (χ4n) is 0.721. The van der Waals surface area contributed by atoms with Crippen molar-refractivity contribution in [3.8, 4) is 0 Å². The molecule has 11 heavy (non-hydrogen) atoms. The van der Waals surface area contributed by atoms with Crippen molar-refractivity contribution in [3.63, 3.8) is 0 Å². The zero-order valence-electron chi connectivity index (χ0n) is 6.00. The molecule has 3 heteroatoms. The van der Waals surface area contributed by atoms with Crippen LogP contribution in [-0.2, 0) is 0 Å². The van der Waals surface area contributed by atoms with Crippen molar-refractivity contribution in [2.75, 3.05) is 0 Å². The molecular formula is C8H9BrN2. The van der Waals surface area contributed by atoms with E-state index in [4.69, 9.17) is 5.73 Å². The Kier molecular flexibility index (Phi) is 2.79. The van der Waals surface area contributed by atoms with Crippen molar-refractivity contribution >= 4 is 15.9 Å². The maximum atomic E-state index is 5.67. The van der Waals surface area contributed by atoms with Gasteiger partial charge in [0, 0.05) is 12.2 Å². The van der Waals surface area contributed by atoms with E-state index in [-0.39, 0.29) is 6.04 Å². The molecule has 1 aromatic rings. The first-order valence-corrected chi connectivity index (χ1v) is 4.03. The third-order valence-corrected chi connectivity index (χ3v) is 1.86. The fourth-order valence-corrected chi connectivity index (χ4v) is 0.955. The topological polar surface area (TPSA) is 38.9 Å². The van der Waals surface area contributed by atoms with Crippen LogP contribution in [0.2, 0.25) is 0 Å². The second-order valence-electron chi connectivity index (χ2n) is 2.18. The van der Waals surface area contributed by atoms with E-state index in [1.165, 1.54) is 0 Å². The molecule has 0 aliphatic rings. The Morgan fingerprint density at radius 2 is 2.36 bits per heavy atom. The summed E-state index contributed by atoms with van der Waals surface area (Å²) in [6.07, 6.45) is 3.42. The minimum atomic E-state index is -0.115. The molecule has 0 saturated heterocycles. The molecule has 58 valence electrons. The molecular weight excluding hydrogens is 204 g/mol. The third-order valence-electron chi connectivity index (χ3n) is 1.39. The number of nitrogens with two attached hydrogens (primary N) is 1. The van der Waals surface area contributed by atoms with Crippen LogP contribution in [-0.4, -0.2) is 4.98 Å². The van der Waals surface area contributed by atoms with E-state index in [0.29, 0.717) is 0 Å². The van der Waals surface area contributed by atoms with Crippen LogP contribution in [0.3, 0.4) is 0 Å². The molecule has 0 aromatic carbocycles. The Morgan fingerprint density at radius 1 is 1.64 bits per heavy atom. The predicted molar refractivity (Wildman–Crippen MR) is 49.1 cm³/mol. The first-order valence-electron chi connectivity index (χ1n) is 3.23. The standard InChI is InChI=1S/C8H9BrN2/c1-2-7(10)6-3-4-8(9)11-5-6/h2-5,7H,1,10H2/t7-/m0/s1. The summed E-state index contributed by atoms with van der Waals surface area (Å²) in [5.74, 6) is 0. The van der Waals surface area contributed by atoms with Gasteiger partial charge in [-0.1, -0.05) is 12.1 Å². The van der Waals surface area contributed by atoms with Gasteiger partial charge in [-0.15, -0.1) is 6.58 Å². The van der Waals surface area contributed by atoms with E-state index in [1.54, 1.807) is 12.3 Å². The number of hydrogen-bond donors (Lipinski definition) is 1. The molecule has 0 fully saturated rings.